The standard InChI is InChI=1S/C23H26ClFN2O3/c24-19-7-11-21(12-8-19)30-15-2-1-13-26-22(28)18-4-3-14-27(16-18)23(29)17-5-9-20(25)10-6-17/h5-12,18H,1-4,13-16H2,(H,26,28). The Bertz CT molecular complexity index is 843. The summed E-state index contributed by atoms with van der Waals surface area (Å²) >= 11 is 5.84. The molecular weight excluding hydrogens is 407 g/mol. The maximum absolute atomic E-state index is 13.1. The molecule has 1 atom stereocenters. The van der Waals surface area contributed by atoms with Crippen LogP contribution in [-0.2, 0) is 4.79 Å². The minimum atomic E-state index is -0.374. The third-order valence-electron chi connectivity index (χ3n) is 5.12. The molecule has 0 aliphatic carbocycles. The minimum Gasteiger partial charge on any atom is -0.494 e. The van der Waals surface area contributed by atoms with Gasteiger partial charge in [-0.05, 0) is 74.2 Å². The lowest BCUT2D eigenvalue weighted by molar-refractivity contribution is -0.126. The van der Waals surface area contributed by atoms with Crippen molar-refractivity contribution in [2.24, 2.45) is 5.92 Å². The van der Waals surface area contributed by atoms with Gasteiger partial charge in [-0.25, -0.2) is 4.39 Å². The highest BCUT2D eigenvalue weighted by atomic mass is 35.5. The van der Waals surface area contributed by atoms with Crippen LogP contribution in [0.3, 0.4) is 0 Å². The number of halogens is 2. The number of hydrogen-bond donors (Lipinski definition) is 1. The molecule has 0 radical (unpaired) electrons. The Morgan fingerprint density at radius 3 is 2.57 bits per heavy atom. The fourth-order valence-electron chi connectivity index (χ4n) is 3.45. The van der Waals surface area contributed by atoms with Crippen LogP contribution in [0.5, 0.6) is 5.75 Å². The topological polar surface area (TPSA) is 58.6 Å². The normalized spacial score (nSPS) is 16.2. The number of rotatable bonds is 8. The maximum atomic E-state index is 13.1. The van der Waals surface area contributed by atoms with Crippen LogP contribution in [0.25, 0.3) is 0 Å². The summed E-state index contributed by atoms with van der Waals surface area (Å²) in [7, 11) is 0. The molecule has 0 bridgehead atoms. The van der Waals surface area contributed by atoms with Crippen molar-refractivity contribution >= 4 is 23.4 Å². The van der Waals surface area contributed by atoms with E-state index in [1.807, 2.05) is 12.1 Å². The van der Waals surface area contributed by atoms with Crippen molar-refractivity contribution in [1.29, 1.82) is 0 Å². The van der Waals surface area contributed by atoms with E-state index < -0.39 is 0 Å². The lowest BCUT2D eigenvalue weighted by atomic mass is 9.96. The number of piperidine rings is 1. The molecule has 0 aromatic heterocycles. The molecule has 1 heterocycles. The largest absolute Gasteiger partial charge is 0.494 e. The number of ether oxygens (including phenoxy) is 1. The molecule has 2 amide bonds. The number of unbranched alkanes of at least 4 members (excludes halogenated alkanes) is 1. The van der Waals surface area contributed by atoms with E-state index in [9.17, 15) is 14.0 Å². The predicted molar refractivity (Wildman–Crippen MR) is 114 cm³/mol. The molecule has 1 fully saturated rings. The Morgan fingerprint density at radius 2 is 1.83 bits per heavy atom. The number of nitrogens with one attached hydrogen (secondary N) is 1. The number of carbonyl (C=O) groups excluding carboxylic acids is 2. The lowest BCUT2D eigenvalue weighted by Crippen LogP contribution is -2.45. The van der Waals surface area contributed by atoms with Gasteiger partial charge in [0, 0.05) is 30.2 Å². The van der Waals surface area contributed by atoms with Gasteiger partial charge in [0.15, 0.2) is 0 Å². The molecule has 1 unspecified atom stereocenters. The second-order valence-corrected chi connectivity index (χ2v) is 7.83. The molecule has 1 N–H and O–H groups in total. The van der Waals surface area contributed by atoms with Gasteiger partial charge in [0.2, 0.25) is 5.91 Å². The minimum absolute atomic E-state index is 0.0229. The van der Waals surface area contributed by atoms with E-state index in [1.54, 1.807) is 17.0 Å². The summed E-state index contributed by atoms with van der Waals surface area (Å²) in [5.41, 5.74) is 0.443. The summed E-state index contributed by atoms with van der Waals surface area (Å²) in [6, 6.07) is 12.7. The molecule has 0 saturated carbocycles. The Morgan fingerprint density at radius 1 is 1.10 bits per heavy atom. The van der Waals surface area contributed by atoms with Crippen LogP contribution in [0.4, 0.5) is 4.39 Å². The van der Waals surface area contributed by atoms with E-state index in [2.05, 4.69) is 5.32 Å². The molecule has 5 nitrogen and oxygen atoms in total. The molecule has 3 rings (SSSR count). The van der Waals surface area contributed by atoms with Crippen LogP contribution in [-0.4, -0.2) is 43.0 Å². The highest BCUT2D eigenvalue weighted by molar-refractivity contribution is 6.30. The molecular formula is C23H26ClFN2O3. The first-order valence-electron chi connectivity index (χ1n) is 10.2. The van der Waals surface area contributed by atoms with Crippen molar-refractivity contribution in [2.75, 3.05) is 26.2 Å². The molecule has 0 spiro atoms. The summed E-state index contributed by atoms with van der Waals surface area (Å²) < 4.78 is 18.7. The molecule has 1 aliphatic heterocycles. The highest BCUT2D eigenvalue weighted by Gasteiger charge is 2.28. The second kappa shape index (κ2) is 11.0. The second-order valence-electron chi connectivity index (χ2n) is 7.40. The van der Waals surface area contributed by atoms with Crippen LogP contribution < -0.4 is 10.1 Å². The summed E-state index contributed by atoms with van der Waals surface area (Å²) in [5.74, 6) is 0.00288. The summed E-state index contributed by atoms with van der Waals surface area (Å²) in [5, 5.41) is 3.64. The maximum Gasteiger partial charge on any atom is 0.253 e. The molecule has 2 aromatic rings. The zero-order valence-electron chi connectivity index (χ0n) is 16.8. The monoisotopic (exact) mass is 432 g/mol. The van der Waals surface area contributed by atoms with E-state index in [0.29, 0.717) is 36.8 Å². The van der Waals surface area contributed by atoms with Crippen molar-refractivity contribution in [3.05, 3.63) is 64.9 Å². The quantitative estimate of drug-likeness (QED) is 0.632. The highest BCUT2D eigenvalue weighted by Crippen LogP contribution is 2.19. The average molecular weight is 433 g/mol. The van der Waals surface area contributed by atoms with Crippen molar-refractivity contribution in [3.8, 4) is 5.75 Å². The fraction of sp³-hybridized carbons (Fsp3) is 0.391. The third kappa shape index (κ3) is 6.46. The van der Waals surface area contributed by atoms with E-state index in [4.69, 9.17) is 16.3 Å². The summed E-state index contributed by atoms with van der Waals surface area (Å²) in [6.07, 6.45) is 3.17. The molecule has 1 aliphatic rings. The van der Waals surface area contributed by atoms with E-state index >= 15 is 0 Å². The van der Waals surface area contributed by atoms with E-state index in [0.717, 1.165) is 31.4 Å². The van der Waals surface area contributed by atoms with Crippen molar-refractivity contribution in [1.82, 2.24) is 10.2 Å². The van der Waals surface area contributed by atoms with Crippen LogP contribution in [0, 0.1) is 11.7 Å². The van der Waals surface area contributed by atoms with Gasteiger partial charge in [0.05, 0.1) is 12.5 Å². The van der Waals surface area contributed by atoms with Gasteiger partial charge in [-0.15, -0.1) is 0 Å². The number of benzene rings is 2. The van der Waals surface area contributed by atoms with Gasteiger partial charge >= 0.3 is 0 Å². The molecule has 160 valence electrons. The number of carbonyl (C=O) groups is 2. The SMILES string of the molecule is O=C(NCCCCOc1ccc(Cl)cc1)C1CCCN(C(=O)c2ccc(F)cc2)C1. The molecule has 7 heteroatoms. The van der Waals surface area contributed by atoms with E-state index in [1.165, 1.54) is 24.3 Å². The van der Waals surface area contributed by atoms with Crippen LogP contribution in [0.15, 0.2) is 48.5 Å². The van der Waals surface area contributed by atoms with Crippen LogP contribution in [0.1, 0.15) is 36.0 Å². The number of nitrogens with zero attached hydrogens (tertiary/aromatic N) is 1. The van der Waals surface area contributed by atoms with E-state index in [-0.39, 0.29) is 23.5 Å². The third-order valence-corrected chi connectivity index (χ3v) is 5.38. The Kier molecular flexibility index (Phi) is 8.08. The van der Waals surface area contributed by atoms with Gasteiger partial charge in [-0.3, -0.25) is 9.59 Å². The summed E-state index contributed by atoms with van der Waals surface area (Å²) in [4.78, 5) is 26.8. The Labute approximate surface area is 181 Å². The van der Waals surface area contributed by atoms with Gasteiger partial charge in [-0.2, -0.15) is 0 Å². The smallest absolute Gasteiger partial charge is 0.253 e. The number of amides is 2. The average Bonchev–Trinajstić information content (AvgIpc) is 2.77. The van der Waals surface area contributed by atoms with Crippen molar-refractivity contribution < 1.29 is 18.7 Å². The van der Waals surface area contributed by atoms with Crippen molar-refractivity contribution in [3.63, 3.8) is 0 Å². The molecule has 2 aromatic carbocycles. The van der Waals surface area contributed by atoms with Crippen LogP contribution >= 0.6 is 11.6 Å². The first kappa shape index (κ1) is 22.1. The fourth-order valence-corrected chi connectivity index (χ4v) is 3.58. The number of likely N-dealkylation sites (tertiary alicyclic amines) is 1. The molecule has 1 saturated heterocycles. The van der Waals surface area contributed by atoms with Gasteiger partial charge in [0.25, 0.3) is 5.91 Å². The zero-order chi connectivity index (χ0) is 21.3. The predicted octanol–water partition coefficient (Wildman–Crippen LogP) is 4.31. The first-order chi connectivity index (χ1) is 14.5. The van der Waals surface area contributed by atoms with Gasteiger partial charge in [0.1, 0.15) is 11.6 Å². The molecule has 30 heavy (non-hydrogen) atoms. The van der Waals surface area contributed by atoms with Crippen LogP contribution in [0.2, 0.25) is 5.02 Å². The lowest BCUT2D eigenvalue weighted by Gasteiger charge is -2.32. The van der Waals surface area contributed by atoms with Gasteiger partial charge < -0.3 is 15.0 Å². The van der Waals surface area contributed by atoms with Crippen molar-refractivity contribution in [2.45, 2.75) is 25.7 Å². The summed E-state index contributed by atoms with van der Waals surface area (Å²) in [6.45, 7) is 2.15. The number of hydrogen-bond acceptors (Lipinski definition) is 3. The Hall–Kier alpha value is -2.60. The Balaban J connectivity index is 1.36. The van der Waals surface area contributed by atoms with Gasteiger partial charge in [-0.1, -0.05) is 11.6 Å². The zero-order valence-corrected chi connectivity index (χ0v) is 17.5. The first-order valence-corrected chi connectivity index (χ1v) is 10.6.